The van der Waals surface area contributed by atoms with E-state index in [4.69, 9.17) is 4.74 Å². The van der Waals surface area contributed by atoms with Gasteiger partial charge in [0.15, 0.2) is 5.78 Å². The number of benzene rings is 3. The number of carbonyl (C=O) groups is 3. The fourth-order valence-corrected chi connectivity index (χ4v) is 3.07. The van der Waals surface area contributed by atoms with Gasteiger partial charge in [-0.1, -0.05) is 42.5 Å². The van der Waals surface area contributed by atoms with E-state index in [2.05, 4.69) is 10.9 Å². The number of nitrogens with one attached hydrogen (secondary N) is 2. The number of hydrazine groups is 1. The molecule has 0 bridgehead atoms. The highest BCUT2D eigenvalue weighted by molar-refractivity contribution is 5.94. The lowest BCUT2D eigenvalue weighted by Crippen LogP contribution is -2.42. The van der Waals surface area contributed by atoms with Crippen molar-refractivity contribution in [1.82, 2.24) is 10.9 Å². The van der Waals surface area contributed by atoms with E-state index in [1.54, 1.807) is 24.3 Å². The molecule has 0 fully saturated rings. The summed E-state index contributed by atoms with van der Waals surface area (Å²) < 4.78 is 5.56. The van der Waals surface area contributed by atoms with Gasteiger partial charge in [0, 0.05) is 12.0 Å². The largest absolute Gasteiger partial charge is 0.494 e. The van der Waals surface area contributed by atoms with Crippen molar-refractivity contribution in [3.63, 3.8) is 0 Å². The first-order valence-electron chi connectivity index (χ1n) is 9.81. The van der Waals surface area contributed by atoms with E-state index in [1.165, 1.54) is 6.92 Å². The Morgan fingerprint density at radius 3 is 2.30 bits per heavy atom. The minimum atomic E-state index is -0.281. The summed E-state index contributed by atoms with van der Waals surface area (Å²) in [6.07, 6.45) is 0.903. The van der Waals surface area contributed by atoms with Crippen molar-refractivity contribution in [2.45, 2.75) is 26.2 Å². The molecule has 6 nitrogen and oxygen atoms in total. The minimum absolute atomic E-state index is 0.000666. The molecule has 3 aromatic carbocycles. The molecule has 154 valence electrons. The van der Waals surface area contributed by atoms with E-state index in [-0.39, 0.29) is 30.4 Å². The third-order valence-corrected chi connectivity index (χ3v) is 4.65. The quantitative estimate of drug-likeness (QED) is 0.341. The fraction of sp³-hybridized carbons (Fsp3) is 0.208. The van der Waals surface area contributed by atoms with Gasteiger partial charge in [-0.25, -0.2) is 0 Å². The number of ether oxygens (including phenoxy) is 1. The summed E-state index contributed by atoms with van der Waals surface area (Å²) in [5, 5.41) is 2.10. The maximum Gasteiger partial charge on any atom is 0.242 e. The normalized spacial score (nSPS) is 10.4. The number of carbonyl (C=O) groups excluding carboxylic acids is 3. The topological polar surface area (TPSA) is 84.5 Å². The average molecular weight is 404 g/mol. The van der Waals surface area contributed by atoms with Gasteiger partial charge in [-0.2, -0.15) is 0 Å². The molecule has 6 heteroatoms. The Labute approximate surface area is 175 Å². The monoisotopic (exact) mass is 404 g/mol. The molecule has 0 saturated heterocycles. The van der Waals surface area contributed by atoms with Gasteiger partial charge in [-0.05, 0) is 53.9 Å². The Kier molecular flexibility index (Phi) is 7.16. The van der Waals surface area contributed by atoms with Crippen molar-refractivity contribution in [2.75, 3.05) is 6.61 Å². The Hall–Kier alpha value is -3.67. The van der Waals surface area contributed by atoms with Crippen LogP contribution in [0.5, 0.6) is 5.75 Å². The van der Waals surface area contributed by atoms with Gasteiger partial charge in [-0.3, -0.25) is 25.2 Å². The zero-order valence-corrected chi connectivity index (χ0v) is 16.8. The predicted octanol–water partition coefficient (Wildman–Crippen LogP) is 3.59. The molecule has 0 aromatic heterocycles. The smallest absolute Gasteiger partial charge is 0.242 e. The molecular weight excluding hydrogens is 380 g/mol. The van der Waals surface area contributed by atoms with Gasteiger partial charge >= 0.3 is 0 Å². The Balaban J connectivity index is 1.37. The number of fused-ring (bicyclic) bond motifs is 1. The molecular formula is C24H24N2O4. The minimum Gasteiger partial charge on any atom is -0.494 e. The van der Waals surface area contributed by atoms with E-state index in [0.29, 0.717) is 24.3 Å². The van der Waals surface area contributed by atoms with Crippen LogP contribution in [0.1, 0.15) is 35.7 Å². The lowest BCUT2D eigenvalue weighted by atomic mass is 10.0. The first-order chi connectivity index (χ1) is 14.5. The second-order valence-corrected chi connectivity index (χ2v) is 6.94. The summed E-state index contributed by atoms with van der Waals surface area (Å²) >= 11 is 0. The van der Waals surface area contributed by atoms with Crippen molar-refractivity contribution in [1.29, 1.82) is 0 Å². The number of amides is 2. The van der Waals surface area contributed by atoms with Crippen LogP contribution in [-0.2, 0) is 16.0 Å². The molecule has 0 radical (unpaired) electrons. The zero-order valence-electron chi connectivity index (χ0n) is 16.8. The number of hydrogen-bond donors (Lipinski definition) is 2. The number of rotatable bonds is 8. The number of hydrogen-bond acceptors (Lipinski definition) is 4. The van der Waals surface area contributed by atoms with Crippen LogP contribution in [-0.4, -0.2) is 24.2 Å². The van der Waals surface area contributed by atoms with Crippen LogP contribution in [0.3, 0.4) is 0 Å². The van der Waals surface area contributed by atoms with E-state index >= 15 is 0 Å². The Morgan fingerprint density at radius 2 is 1.53 bits per heavy atom. The van der Waals surface area contributed by atoms with E-state index in [1.807, 2.05) is 42.5 Å². The summed E-state index contributed by atoms with van der Waals surface area (Å²) in [7, 11) is 0. The number of Topliss-reactive ketones (excluding diaryl/α,β-unsaturated/α-hetero) is 1. The lowest BCUT2D eigenvalue weighted by molar-refractivity contribution is -0.128. The molecule has 0 aliphatic carbocycles. The van der Waals surface area contributed by atoms with Crippen LogP contribution < -0.4 is 15.6 Å². The van der Waals surface area contributed by atoms with Crippen LogP contribution in [0.25, 0.3) is 10.8 Å². The van der Waals surface area contributed by atoms with E-state index < -0.39 is 0 Å². The fourth-order valence-electron chi connectivity index (χ4n) is 3.07. The average Bonchev–Trinajstić information content (AvgIpc) is 2.76. The third kappa shape index (κ3) is 5.91. The molecule has 0 heterocycles. The molecule has 3 aromatic rings. The SMILES string of the molecule is CC(=O)c1ccc(OCCCC(=O)NNC(=O)Cc2cccc3ccccc23)cc1. The zero-order chi connectivity index (χ0) is 21.3. The molecule has 0 aliphatic heterocycles. The van der Waals surface area contributed by atoms with Gasteiger partial charge in [0.05, 0.1) is 13.0 Å². The maximum atomic E-state index is 12.2. The standard InChI is InChI=1S/C24H24N2O4/c1-17(27)18-11-13-21(14-12-18)30-15-5-10-23(28)25-26-24(29)16-20-8-4-7-19-6-2-3-9-22(19)20/h2-4,6-9,11-14H,5,10,15-16H2,1H3,(H,25,28)(H,26,29). The molecule has 0 atom stereocenters. The molecule has 30 heavy (non-hydrogen) atoms. The van der Waals surface area contributed by atoms with Crippen LogP contribution >= 0.6 is 0 Å². The van der Waals surface area contributed by atoms with Crippen molar-refractivity contribution >= 4 is 28.4 Å². The van der Waals surface area contributed by atoms with Crippen molar-refractivity contribution in [3.8, 4) is 5.75 Å². The van der Waals surface area contributed by atoms with E-state index in [0.717, 1.165) is 16.3 Å². The highest BCUT2D eigenvalue weighted by Crippen LogP contribution is 2.18. The second-order valence-electron chi connectivity index (χ2n) is 6.94. The molecule has 0 spiro atoms. The van der Waals surface area contributed by atoms with Gasteiger partial charge in [-0.15, -0.1) is 0 Å². The second kappa shape index (κ2) is 10.2. The molecule has 0 aliphatic rings. The summed E-state index contributed by atoms with van der Waals surface area (Å²) in [6.45, 7) is 1.87. The molecule has 2 amide bonds. The summed E-state index contributed by atoms with van der Waals surface area (Å²) in [6, 6.07) is 20.5. The number of ketones is 1. The van der Waals surface area contributed by atoms with Crippen LogP contribution in [0.4, 0.5) is 0 Å². The lowest BCUT2D eigenvalue weighted by Gasteiger charge is -2.10. The summed E-state index contributed by atoms with van der Waals surface area (Å²) in [4.78, 5) is 35.3. The molecule has 3 rings (SSSR count). The van der Waals surface area contributed by atoms with Crippen LogP contribution in [0, 0.1) is 0 Å². The first kappa shape index (κ1) is 21.0. The molecule has 2 N–H and O–H groups in total. The molecule has 0 saturated carbocycles. The Morgan fingerprint density at radius 1 is 0.833 bits per heavy atom. The summed E-state index contributed by atoms with van der Waals surface area (Å²) in [5.74, 6) is 0.0860. The van der Waals surface area contributed by atoms with E-state index in [9.17, 15) is 14.4 Å². The van der Waals surface area contributed by atoms with Gasteiger partial charge in [0.1, 0.15) is 5.75 Å². The van der Waals surface area contributed by atoms with Crippen molar-refractivity contribution in [2.24, 2.45) is 0 Å². The van der Waals surface area contributed by atoms with Gasteiger partial charge < -0.3 is 4.74 Å². The van der Waals surface area contributed by atoms with Gasteiger partial charge in [0.2, 0.25) is 11.8 Å². The maximum absolute atomic E-state index is 12.2. The molecule has 0 unspecified atom stereocenters. The van der Waals surface area contributed by atoms with Crippen molar-refractivity contribution < 1.29 is 19.1 Å². The Bertz CT molecular complexity index is 1040. The van der Waals surface area contributed by atoms with Gasteiger partial charge in [0.25, 0.3) is 0 Å². The third-order valence-electron chi connectivity index (χ3n) is 4.65. The highest BCUT2D eigenvalue weighted by atomic mass is 16.5. The highest BCUT2D eigenvalue weighted by Gasteiger charge is 2.08. The summed E-state index contributed by atoms with van der Waals surface area (Å²) in [5.41, 5.74) is 6.43. The van der Waals surface area contributed by atoms with Crippen molar-refractivity contribution in [3.05, 3.63) is 77.9 Å². The predicted molar refractivity (Wildman–Crippen MR) is 115 cm³/mol. The first-order valence-corrected chi connectivity index (χ1v) is 9.81. The van der Waals surface area contributed by atoms with Crippen LogP contribution in [0.15, 0.2) is 66.7 Å². The van der Waals surface area contributed by atoms with Crippen LogP contribution in [0.2, 0.25) is 0 Å².